The second kappa shape index (κ2) is 8.14. The number of hydrogen-bond acceptors (Lipinski definition) is 3. The van der Waals surface area contributed by atoms with Gasteiger partial charge in [-0.2, -0.15) is 0 Å². The van der Waals surface area contributed by atoms with Crippen molar-refractivity contribution in [2.45, 2.75) is 33.1 Å². The first kappa shape index (κ1) is 15.9. The number of carboxylic acid groups (broad SMARTS) is 1. The fraction of sp³-hybridized carbons (Fsp3) is 0.500. The molecule has 0 saturated carbocycles. The molecule has 0 aromatic carbocycles. The van der Waals surface area contributed by atoms with Crippen LogP contribution in [0, 0.1) is 12.8 Å². The molecule has 0 spiro atoms. The van der Waals surface area contributed by atoms with Gasteiger partial charge in [-0.15, -0.1) is 0 Å². The zero-order valence-electron chi connectivity index (χ0n) is 11.8. The van der Waals surface area contributed by atoms with Crippen molar-refractivity contribution in [3.8, 4) is 0 Å². The molecule has 1 atom stereocenters. The lowest BCUT2D eigenvalue weighted by Crippen LogP contribution is -2.30. The first-order chi connectivity index (χ1) is 9.47. The number of aromatic nitrogens is 1. The monoisotopic (exact) mass is 279 g/mol. The fourth-order valence-corrected chi connectivity index (χ4v) is 1.74. The molecule has 2 amide bonds. The number of pyridine rings is 1. The summed E-state index contributed by atoms with van der Waals surface area (Å²) in [5.74, 6) is -0.512. The number of rotatable bonds is 7. The van der Waals surface area contributed by atoms with Gasteiger partial charge in [-0.1, -0.05) is 6.92 Å². The second-order valence-electron chi connectivity index (χ2n) is 4.96. The van der Waals surface area contributed by atoms with Crippen LogP contribution in [0.1, 0.15) is 31.7 Å². The maximum Gasteiger partial charge on any atom is 0.319 e. The molecule has 3 N–H and O–H groups in total. The van der Waals surface area contributed by atoms with Gasteiger partial charge in [0.15, 0.2) is 0 Å². The number of carbonyl (C=O) groups is 2. The van der Waals surface area contributed by atoms with E-state index in [1.807, 2.05) is 19.9 Å². The Balaban J connectivity index is 2.21. The van der Waals surface area contributed by atoms with Gasteiger partial charge in [0, 0.05) is 19.2 Å². The number of hydrogen-bond donors (Lipinski definition) is 3. The first-order valence-electron chi connectivity index (χ1n) is 6.65. The van der Waals surface area contributed by atoms with Crippen LogP contribution in [0.3, 0.4) is 0 Å². The quantitative estimate of drug-likeness (QED) is 0.714. The molecule has 0 radical (unpaired) electrons. The van der Waals surface area contributed by atoms with Crippen molar-refractivity contribution in [1.29, 1.82) is 0 Å². The summed E-state index contributed by atoms with van der Waals surface area (Å²) in [7, 11) is 0. The average molecular weight is 279 g/mol. The van der Waals surface area contributed by atoms with Crippen molar-refractivity contribution in [3.63, 3.8) is 0 Å². The summed E-state index contributed by atoms with van der Waals surface area (Å²) in [4.78, 5) is 26.0. The van der Waals surface area contributed by atoms with E-state index in [9.17, 15) is 9.59 Å². The van der Waals surface area contributed by atoms with Gasteiger partial charge in [-0.05, 0) is 37.3 Å². The molecule has 6 nitrogen and oxygen atoms in total. The van der Waals surface area contributed by atoms with Gasteiger partial charge in [0.2, 0.25) is 0 Å². The molecule has 0 saturated heterocycles. The molecule has 0 aliphatic rings. The van der Waals surface area contributed by atoms with Crippen LogP contribution in [0.2, 0.25) is 0 Å². The smallest absolute Gasteiger partial charge is 0.319 e. The molecule has 1 unspecified atom stereocenters. The summed E-state index contributed by atoms with van der Waals surface area (Å²) < 4.78 is 0. The summed E-state index contributed by atoms with van der Waals surface area (Å²) in [6.07, 6.45) is 4.85. The predicted molar refractivity (Wildman–Crippen MR) is 76.6 cm³/mol. The Hall–Kier alpha value is -2.11. The highest BCUT2D eigenvalue weighted by atomic mass is 16.4. The van der Waals surface area contributed by atoms with E-state index >= 15 is 0 Å². The minimum Gasteiger partial charge on any atom is -0.481 e. The number of anilines is 1. The van der Waals surface area contributed by atoms with Crippen molar-refractivity contribution in [1.82, 2.24) is 10.3 Å². The first-order valence-corrected chi connectivity index (χ1v) is 6.65. The normalized spacial score (nSPS) is 11.7. The molecule has 0 fully saturated rings. The van der Waals surface area contributed by atoms with Crippen molar-refractivity contribution in [2.24, 2.45) is 5.92 Å². The van der Waals surface area contributed by atoms with E-state index in [4.69, 9.17) is 5.11 Å². The molecule has 1 aromatic heterocycles. The number of urea groups is 1. The lowest BCUT2D eigenvalue weighted by molar-refractivity contribution is -0.137. The molecule has 0 aliphatic heterocycles. The average Bonchev–Trinajstić information content (AvgIpc) is 2.36. The van der Waals surface area contributed by atoms with E-state index in [-0.39, 0.29) is 18.4 Å². The number of nitrogens with one attached hydrogen (secondary N) is 2. The Labute approximate surface area is 118 Å². The van der Waals surface area contributed by atoms with E-state index in [0.717, 1.165) is 12.0 Å². The van der Waals surface area contributed by atoms with Crippen LogP contribution in [-0.2, 0) is 4.79 Å². The van der Waals surface area contributed by atoms with Crippen LogP contribution < -0.4 is 10.6 Å². The molecule has 1 aromatic rings. The van der Waals surface area contributed by atoms with Gasteiger partial charge in [0.05, 0.1) is 11.9 Å². The van der Waals surface area contributed by atoms with Crippen molar-refractivity contribution in [2.75, 3.05) is 11.9 Å². The number of aryl methyl sites for hydroxylation is 1. The highest BCUT2D eigenvalue weighted by molar-refractivity contribution is 5.89. The van der Waals surface area contributed by atoms with E-state index in [1.54, 1.807) is 12.4 Å². The molecule has 6 heteroatoms. The van der Waals surface area contributed by atoms with Crippen molar-refractivity contribution in [3.05, 3.63) is 24.0 Å². The molecule has 110 valence electrons. The maximum absolute atomic E-state index is 11.6. The van der Waals surface area contributed by atoms with Gasteiger partial charge in [-0.25, -0.2) is 4.79 Å². The van der Waals surface area contributed by atoms with Crippen LogP contribution in [-0.4, -0.2) is 28.6 Å². The lowest BCUT2D eigenvalue weighted by atomic mass is 10.0. The number of nitrogens with zero attached hydrogens (tertiary/aromatic N) is 1. The van der Waals surface area contributed by atoms with Crippen molar-refractivity contribution < 1.29 is 14.7 Å². The van der Waals surface area contributed by atoms with Crippen LogP contribution in [0.15, 0.2) is 18.5 Å². The standard InChI is InChI=1S/C14H21N3O3/c1-10(3-4-13(18)19)5-6-16-14(20)17-12-7-11(2)8-15-9-12/h7-10H,3-6H2,1-2H3,(H,18,19)(H2,16,17,20). The van der Waals surface area contributed by atoms with E-state index < -0.39 is 5.97 Å². The minimum absolute atomic E-state index is 0.169. The highest BCUT2D eigenvalue weighted by Gasteiger charge is 2.07. The predicted octanol–water partition coefficient (Wildman–Crippen LogP) is 2.40. The number of aliphatic carboxylic acids is 1. The Kier molecular flexibility index (Phi) is 6.49. The van der Waals surface area contributed by atoms with Gasteiger partial charge in [0.1, 0.15) is 0 Å². The number of carbonyl (C=O) groups excluding carboxylic acids is 1. The second-order valence-corrected chi connectivity index (χ2v) is 4.96. The minimum atomic E-state index is -0.783. The summed E-state index contributed by atoms with van der Waals surface area (Å²) in [5, 5.41) is 14.0. The molecular formula is C14H21N3O3. The number of carboxylic acids is 1. The summed E-state index contributed by atoms with van der Waals surface area (Å²) in [5.41, 5.74) is 1.63. The summed E-state index contributed by atoms with van der Waals surface area (Å²) in [6, 6.07) is 1.56. The van der Waals surface area contributed by atoms with Crippen LogP contribution in [0.5, 0.6) is 0 Å². The van der Waals surface area contributed by atoms with E-state index in [0.29, 0.717) is 18.7 Å². The zero-order valence-corrected chi connectivity index (χ0v) is 11.8. The molecular weight excluding hydrogens is 258 g/mol. The molecule has 0 aliphatic carbocycles. The molecule has 1 rings (SSSR count). The summed E-state index contributed by atoms with van der Waals surface area (Å²) in [6.45, 7) is 4.40. The maximum atomic E-state index is 11.6. The number of amides is 2. The molecule has 1 heterocycles. The van der Waals surface area contributed by atoms with Crippen molar-refractivity contribution >= 4 is 17.7 Å². The Morgan fingerprint density at radius 1 is 1.35 bits per heavy atom. The SMILES string of the molecule is Cc1cncc(NC(=O)NCCC(C)CCC(=O)O)c1. The van der Waals surface area contributed by atoms with Gasteiger partial charge in [-0.3, -0.25) is 9.78 Å². The zero-order chi connectivity index (χ0) is 15.0. The van der Waals surface area contributed by atoms with E-state index in [2.05, 4.69) is 15.6 Å². The lowest BCUT2D eigenvalue weighted by Gasteiger charge is -2.11. The topological polar surface area (TPSA) is 91.3 Å². The van der Waals surface area contributed by atoms with Gasteiger partial charge >= 0.3 is 12.0 Å². The fourth-order valence-electron chi connectivity index (χ4n) is 1.74. The third kappa shape index (κ3) is 6.72. The van der Waals surface area contributed by atoms with Crippen LogP contribution >= 0.6 is 0 Å². The third-order valence-corrected chi connectivity index (χ3v) is 2.91. The molecule has 20 heavy (non-hydrogen) atoms. The Morgan fingerprint density at radius 2 is 2.10 bits per heavy atom. The Bertz CT molecular complexity index is 463. The highest BCUT2D eigenvalue weighted by Crippen LogP contribution is 2.09. The largest absolute Gasteiger partial charge is 0.481 e. The Morgan fingerprint density at radius 3 is 2.75 bits per heavy atom. The van der Waals surface area contributed by atoms with E-state index in [1.165, 1.54) is 0 Å². The molecule has 0 bridgehead atoms. The van der Waals surface area contributed by atoms with Gasteiger partial charge < -0.3 is 15.7 Å². The summed E-state index contributed by atoms with van der Waals surface area (Å²) >= 11 is 0. The van der Waals surface area contributed by atoms with Crippen LogP contribution in [0.25, 0.3) is 0 Å². The van der Waals surface area contributed by atoms with Crippen LogP contribution in [0.4, 0.5) is 10.5 Å². The van der Waals surface area contributed by atoms with Gasteiger partial charge in [0.25, 0.3) is 0 Å². The third-order valence-electron chi connectivity index (χ3n) is 2.91.